The molecule has 0 spiro atoms. The molecule has 0 unspecified atom stereocenters. The molecule has 2 aromatic rings. The fraction of sp³-hybridized carbons (Fsp3) is 0.333. The zero-order valence-corrected chi connectivity index (χ0v) is 14.8. The van der Waals surface area contributed by atoms with Crippen LogP contribution in [-0.2, 0) is 11.3 Å². The number of carbonyl (C=O) groups is 1. The van der Waals surface area contributed by atoms with Crippen LogP contribution in [0.1, 0.15) is 19.5 Å². The molecule has 2 N–H and O–H groups in total. The second kappa shape index (κ2) is 8.55. The summed E-state index contributed by atoms with van der Waals surface area (Å²) in [5.74, 6) is 0.553. The molecule has 6 heteroatoms. The van der Waals surface area contributed by atoms with Gasteiger partial charge in [-0.3, -0.25) is 4.79 Å². The van der Waals surface area contributed by atoms with Gasteiger partial charge < -0.3 is 15.5 Å². The standard InChI is InChI=1S/C18H23ClN4O/c1-3-22(4-2)18-7-5-6-15(21-18)12-23(13-17(20)24)16-10-8-14(19)9-11-16/h5-11H,3-4,12-13H2,1-2H3,(H2,20,24). The fourth-order valence-electron chi connectivity index (χ4n) is 2.55. The van der Waals surface area contributed by atoms with Crippen molar-refractivity contribution in [2.45, 2.75) is 20.4 Å². The topological polar surface area (TPSA) is 62.5 Å². The Labute approximate surface area is 148 Å². The molecule has 0 radical (unpaired) electrons. The summed E-state index contributed by atoms with van der Waals surface area (Å²) in [4.78, 5) is 20.2. The van der Waals surface area contributed by atoms with E-state index >= 15 is 0 Å². The van der Waals surface area contributed by atoms with E-state index in [9.17, 15) is 4.79 Å². The summed E-state index contributed by atoms with van der Waals surface area (Å²) in [6.07, 6.45) is 0. The molecule has 0 saturated carbocycles. The molecule has 0 bridgehead atoms. The maximum absolute atomic E-state index is 11.4. The van der Waals surface area contributed by atoms with Crippen LogP contribution in [0.4, 0.5) is 11.5 Å². The first kappa shape index (κ1) is 18.1. The Morgan fingerprint density at radius 3 is 2.33 bits per heavy atom. The third kappa shape index (κ3) is 4.86. The number of aromatic nitrogens is 1. The number of carbonyl (C=O) groups excluding carboxylic acids is 1. The molecule has 0 aliphatic rings. The summed E-state index contributed by atoms with van der Waals surface area (Å²) in [5.41, 5.74) is 7.17. The van der Waals surface area contributed by atoms with E-state index in [0.717, 1.165) is 30.3 Å². The van der Waals surface area contributed by atoms with Gasteiger partial charge in [0.2, 0.25) is 5.91 Å². The minimum atomic E-state index is -0.384. The van der Waals surface area contributed by atoms with Crippen molar-refractivity contribution in [1.82, 2.24) is 4.98 Å². The predicted octanol–water partition coefficient (Wildman–Crippen LogP) is 3.07. The number of nitrogens with zero attached hydrogens (tertiary/aromatic N) is 3. The zero-order chi connectivity index (χ0) is 17.5. The van der Waals surface area contributed by atoms with Crippen LogP contribution >= 0.6 is 11.6 Å². The molecule has 0 aliphatic carbocycles. The number of primary amides is 1. The Balaban J connectivity index is 2.24. The molecule has 5 nitrogen and oxygen atoms in total. The van der Waals surface area contributed by atoms with Gasteiger partial charge in [0.05, 0.1) is 18.8 Å². The molecular formula is C18H23ClN4O. The third-order valence-corrected chi connectivity index (χ3v) is 4.02. The van der Waals surface area contributed by atoms with Crippen LogP contribution in [0, 0.1) is 0 Å². The minimum Gasteiger partial charge on any atom is -0.368 e. The Kier molecular flexibility index (Phi) is 6.44. The summed E-state index contributed by atoms with van der Waals surface area (Å²) in [7, 11) is 0. The van der Waals surface area contributed by atoms with E-state index in [0.29, 0.717) is 11.6 Å². The zero-order valence-electron chi connectivity index (χ0n) is 14.1. The SMILES string of the molecule is CCN(CC)c1cccc(CN(CC(N)=O)c2ccc(Cl)cc2)n1. The average Bonchev–Trinajstić information content (AvgIpc) is 2.56. The van der Waals surface area contributed by atoms with Gasteiger partial charge in [-0.25, -0.2) is 4.98 Å². The van der Waals surface area contributed by atoms with Crippen molar-refractivity contribution in [3.05, 3.63) is 53.2 Å². The maximum Gasteiger partial charge on any atom is 0.236 e. The molecule has 1 aromatic heterocycles. The van der Waals surface area contributed by atoms with Crippen molar-refractivity contribution >= 4 is 29.0 Å². The average molecular weight is 347 g/mol. The Hall–Kier alpha value is -2.27. The van der Waals surface area contributed by atoms with Crippen molar-refractivity contribution in [3.8, 4) is 0 Å². The van der Waals surface area contributed by atoms with Crippen molar-refractivity contribution in [3.63, 3.8) is 0 Å². The highest BCUT2D eigenvalue weighted by molar-refractivity contribution is 6.30. The third-order valence-electron chi connectivity index (χ3n) is 3.77. The van der Waals surface area contributed by atoms with E-state index in [2.05, 4.69) is 18.7 Å². The monoisotopic (exact) mass is 346 g/mol. The predicted molar refractivity (Wildman–Crippen MR) is 99.5 cm³/mol. The first-order valence-electron chi connectivity index (χ1n) is 8.03. The number of amides is 1. The highest BCUT2D eigenvalue weighted by Crippen LogP contribution is 2.20. The highest BCUT2D eigenvalue weighted by atomic mass is 35.5. The largest absolute Gasteiger partial charge is 0.368 e. The number of anilines is 2. The number of nitrogens with two attached hydrogens (primary N) is 1. The minimum absolute atomic E-state index is 0.124. The maximum atomic E-state index is 11.4. The molecular weight excluding hydrogens is 324 g/mol. The molecule has 0 saturated heterocycles. The molecule has 0 fully saturated rings. The lowest BCUT2D eigenvalue weighted by Gasteiger charge is -2.24. The number of pyridine rings is 1. The summed E-state index contributed by atoms with van der Waals surface area (Å²) in [6, 6.07) is 13.3. The van der Waals surface area contributed by atoms with Crippen LogP contribution in [0.3, 0.4) is 0 Å². The number of halogens is 1. The van der Waals surface area contributed by atoms with Crippen molar-refractivity contribution in [2.75, 3.05) is 29.4 Å². The molecule has 128 valence electrons. The second-order valence-electron chi connectivity index (χ2n) is 5.46. The number of benzene rings is 1. The smallest absolute Gasteiger partial charge is 0.236 e. The van der Waals surface area contributed by atoms with Gasteiger partial charge in [0, 0.05) is 23.8 Å². The first-order valence-corrected chi connectivity index (χ1v) is 8.41. The van der Waals surface area contributed by atoms with Crippen LogP contribution in [0.2, 0.25) is 5.02 Å². The number of hydrogen-bond acceptors (Lipinski definition) is 4. The lowest BCUT2D eigenvalue weighted by molar-refractivity contribution is -0.116. The van der Waals surface area contributed by atoms with Crippen molar-refractivity contribution in [2.24, 2.45) is 5.73 Å². The first-order chi connectivity index (χ1) is 11.5. The summed E-state index contributed by atoms with van der Waals surface area (Å²) in [6.45, 7) is 6.62. The summed E-state index contributed by atoms with van der Waals surface area (Å²) >= 11 is 5.94. The number of rotatable bonds is 8. The van der Waals surface area contributed by atoms with Crippen molar-refractivity contribution < 1.29 is 4.79 Å². The van der Waals surface area contributed by atoms with Crippen LogP contribution in [0.5, 0.6) is 0 Å². The molecule has 1 amide bonds. The van der Waals surface area contributed by atoms with Gasteiger partial charge in [0.1, 0.15) is 5.82 Å². The second-order valence-corrected chi connectivity index (χ2v) is 5.89. The highest BCUT2D eigenvalue weighted by Gasteiger charge is 2.12. The molecule has 0 aliphatic heterocycles. The van der Waals surface area contributed by atoms with Crippen LogP contribution in [0.15, 0.2) is 42.5 Å². The van der Waals surface area contributed by atoms with Crippen LogP contribution in [-0.4, -0.2) is 30.5 Å². The van der Waals surface area contributed by atoms with Gasteiger partial charge in [-0.2, -0.15) is 0 Å². The van der Waals surface area contributed by atoms with E-state index in [1.165, 1.54) is 0 Å². The molecule has 2 rings (SSSR count). The fourth-order valence-corrected chi connectivity index (χ4v) is 2.68. The van der Waals surface area contributed by atoms with Gasteiger partial charge in [-0.05, 0) is 50.2 Å². The molecule has 1 aromatic carbocycles. The Bertz CT molecular complexity index is 671. The van der Waals surface area contributed by atoms with E-state index in [1.807, 2.05) is 35.2 Å². The molecule has 24 heavy (non-hydrogen) atoms. The van der Waals surface area contributed by atoms with Gasteiger partial charge in [0.25, 0.3) is 0 Å². The normalized spacial score (nSPS) is 10.5. The lowest BCUT2D eigenvalue weighted by atomic mass is 10.2. The van der Waals surface area contributed by atoms with E-state index in [4.69, 9.17) is 22.3 Å². The van der Waals surface area contributed by atoms with Gasteiger partial charge in [0.15, 0.2) is 0 Å². The molecule has 1 heterocycles. The van der Waals surface area contributed by atoms with Crippen LogP contribution in [0.25, 0.3) is 0 Å². The molecule has 0 atom stereocenters. The van der Waals surface area contributed by atoms with E-state index < -0.39 is 0 Å². The summed E-state index contributed by atoms with van der Waals surface area (Å²) < 4.78 is 0. The Morgan fingerprint density at radius 1 is 1.08 bits per heavy atom. The Morgan fingerprint density at radius 2 is 1.75 bits per heavy atom. The summed E-state index contributed by atoms with van der Waals surface area (Å²) in [5, 5.41) is 0.652. The lowest BCUT2D eigenvalue weighted by Crippen LogP contribution is -2.33. The van der Waals surface area contributed by atoms with Crippen molar-refractivity contribution in [1.29, 1.82) is 0 Å². The van der Waals surface area contributed by atoms with Gasteiger partial charge in [-0.1, -0.05) is 17.7 Å². The van der Waals surface area contributed by atoms with Crippen LogP contribution < -0.4 is 15.5 Å². The number of hydrogen-bond donors (Lipinski definition) is 1. The van der Waals surface area contributed by atoms with E-state index in [1.54, 1.807) is 12.1 Å². The van der Waals surface area contributed by atoms with Gasteiger partial charge >= 0.3 is 0 Å². The van der Waals surface area contributed by atoms with Gasteiger partial charge in [-0.15, -0.1) is 0 Å². The quantitative estimate of drug-likeness (QED) is 0.798. The van der Waals surface area contributed by atoms with E-state index in [-0.39, 0.29) is 12.5 Å².